The van der Waals surface area contributed by atoms with Crippen molar-refractivity contribution in [1.82, 2.24) is 20.2 Å². The Hall–Kier alpha value is -5.57. The molecule has 0 aliphatic carbocycles. The van der Waals surface area contributed by atoms with E-state index in [1.165, 1.54) is 10.8 Å². The molecule has 7 aromatic rings. The van der Waals surface area contributed by atoms with Crippen molar-refractivity contribution in [1.29, 1.82) is 0 Å². The first-order valence-electron chi connectivity index (χ1n) is 15.7. The SMILES string of the molecule is CCSC(C)=Nc1ccccc1.Cc1nnc(-c2ccc3ccccc3c2)n1-c1ccccc1.NNC(=O)c1ccc2ccccc2c1. The summed E-state index contributed by atoms with van der Waals surface area (Å²) in [4.78, 5) is 15.6. The number of carbonyl (C=O) groups is 1. The molecule has 0 bridgehead atoms. The summed E-state index contributed by atoms with van der Waals surface area (Å²) in [6.45, 7) is 6.15. The number of nitrogens with zero attached hydrogens (tertiary/aromatic N) is 4. The van der Waals surface area contributed by atoms with E-state index >= 15 is 0 Å². The maximum absolute atomic E-state index is 11.2. The second-order valence-corrected chi connectivity index (χ2v) is 12.2. The van der Waals surface area contributed by atoms with Gasteiger partial charge in [0.2, 0.25) is 0 Å². The van der Waals surface area contributed by atoms with Gasteiger partial charge in [-0.2, -0.15) is 0 Å². The summed E-state index contributed by atoms with van der Waals surface area (Å²) in [5.41, 5.74) is 5.87. The van der Waals surface area contributed by atoms with E-state index in [2.05, 4.69) is 86.7 Å². The lowest BCUT2D eigenvalue weighted by atomic mass is 10.1. The fourth-order valence-electron chi connectivity index (χ4n) is 5.10. The summed E-state index contributed by atoms with van der Waals surface area (Å²) < 4.78 is 2.09. The summed E-state index contributed by atoms with van der Waals surface area (Å²) in [5, 5.41) is 14.4. The molecule has 0 saturated carbocycles. The van der Waals surface area contributed by atoms with Crippen LogP contribution in [0.4, 0.5) is 5.69 Å². The van der Waals surface area contributed by atoms with Crippen LogP contribution in [0.2, 0.25) is 0 Å². The van der Waals surface area contributed by atoms with Crippen molar-refractivity contribution in [2.45, 2.75) is 20.8 Å². The third-order valence-electron chi connectivity index (χ3n) is 7.39. The Bertz CT molecular complexity index is 2130. The molecule has 1 heterocycles. The van der Waals surface area contributed by atoms with Gasteiger partial charge in [-0.1, -0.05) is 110 Å². The summed E-state index contributed by atoms with van der Waals surface area (Å²) in [5.74, 6) is 7.62. The van der Waals surface area contributed by atoms with Gasteiger partial charge in [0.15, 0.2) is 5.82 Å². The molecule has 240 valence electrons. The maximum atomic E-state index is 11.2. The fraction of sp³-hybridized carbons (Fsp3) is 0.100. The smallest absolute Gasteiger partial charge is 0.265 e. The van der Waals surface area contributed by atoms with Gasteiger partial charge >= 0.3 is 0 Å². The highest BCUT2D eigenvalue weighted by molar-refractivity contribution is 8.13. The number of para-hydroxylation sites is 2. The maximum Gasteiger partial charge on any atom is 0.265 e. The molecule has 0 fully saturated rings. The second kappa shape index (κ2) is 16.8. The molecule has 1 amide bonds. The first-order chi connectivity index (χ1) is 23.5. The van der Waals surface area contributed by atoms with Gasteiger partial charge < -0.3 is 0 Å². The van der Waals surface area contributed by atoms with E-state index < -0.39 is 0 Å². The van der Waals surface area contributed by atoms with Gasteiger partial charge in [-0.15, -0.1) is 22.0 Å². The molecule has 0 spiro atoms. The molecule has 8 heteroatoms. The number of thioether (sulfide) groups is 1. The number of hydrogen-bond acceptors (Lipinski definition) is 6. The minimum atomic E-state index is -0.268. The fourth-order valence-corrected chi connectivity index (χ4v) is 5.69. The van der Waals surface area contributed by atoms with E-state index in [9.17, 15) is 4.79 Å². The van der Waals surface area contributed by atoms with Gasteiger partial charge in [0.1, 0.15) is 5.82 Å². The molecule has 0 unspecified atom stereocenters. The van der Waals surface area contributed by atoms with Crippen LogP contribution in [-0.4, -0.2) is 31.5 Å². The average Bonchev–Trinajstić information content (AvgIpc) is 3.53. The summed E-state index contributed by atoms with van der Waals surface area (Å²) in [6, 6.07) is 48.3. The van der Waals surface area contributed by atoms with Crippen LogP contribution in [0.3, 0.4) is 0 Å². The molecule has 3 N–H and O–H groups in total. The number of fused-ring (bicyclic) bond motifs is 2. The molecular weight excluding hydrogens is 613 g/mol. The number of hydrogen-bond donors (Lipinski definition) is 2. The zero-order valence-electron chi connectivity index (χ0n) is 27.2. The van der Waals surface area contributed by atoms with E-state index in [1.807, 2.05) is 98.8 Å². The van der Waals surface area contributed by atoms with E-state index in [4.69, 9.17) is 5.84 Å². The van der Waals surface area contributed by atoms with Crippen molar-refractivity contribution in [3.63, 3.8) is 0 Å². The van der Waals surface area contributed by atoms with E-state index in [1.54, 1.807) is 17.8 Å². The van der Waals surface area contributed by atoms with E-state index in [0.29, 0.717) is 5.56 Å². The zero-order chi connectivity index (χ0) is 33.7. The lowest BCUT2D eigenvalue weighted by Gasteiger charge is -2.09. The number of amides is 1. The summed E-state index contributed by atoms with van der Waals surface area (Å²) >= 11 is 1.78. The Morgan fingerprint density at radius 3 is 1.92 bits per heavy atom. The van der Waals surface area contributed by atoms with Gasteiger partial charge in [-0.05, 0) is 83.6 Å². The Morgan fingerprint density at radius 2 is 1.29 bits per heavy atom. The number of carbonyl (C=O) groups excluding carboxylic acids is 1. The number of aliphatic imine (C=N–C) groups is 1. The molecule has 7 rings (SSSR count). The lowest BCUT2D eigenvalue weighted by molar-refractivity contribution is 0.0954. The molecule has 0 aliphatic heterocycles. The number of nitrogens with one attached hydrogen (secondary N) is 1. The number of hydrazine groups is 1. The van der Waals surface area contributed by atoms with Crippen LogP contribution in [-0.2, 0) is 0 Å². The van der Waals surface area contributed by atoms with Crippen molar-refractivity contribution < 1.29 is 4.79 Å². The van der Waals surface area contributed by atoms with Crippen molar-refractivity contribution in [3.8, 4) is 17.1 Å². The first-order valence-corrected chi connectivity index (χ1v) is 16.6. The molecule has 0 saturated heterocycles. The Balaban J connectivity index is 0.000000150. The number of rotatable bonds is 5. The Morgan fingerprint density at radius 1 is 0.729 bits per heavy atom. The molecule has 0 radical (unpaired) electrons. The topological polar surface area (TPSA) is 98.2 Å². The summed E-state index contributed by atoms with van der Waals surface area (Å²) in [6.07, 6.45) is 0. The number of aromatic nitrogens is 3. The number of aryl methyl sites for hydroxylation is 1. The zero-order valence-corrected chi connectivity index (χ0v) is 28.1. The molecule has 0 atom stereocenters. The van der Waals surface area contributed by atoms with Crippen LogP contribution in [0, 0.1) is 6.92 Å². The van der Waals surface area contributed by atoms with E-state index in [-0.39, 0.29) is 5.91 Å². The van der Waals surface area contributed by atoms with Gasteiger partial charge in [-0.3, -0.25) is 14.8 Å². The van der Waals surface area contributed by atoms with Crippen LogP contribution in [0.5, 0.6) is 0 Å². The molecule has 1 aromatic heterocycles. The van der Waals surface area contributed by atoms with Crippen LogP contribution in [0.15, 0.2) is 151 Å². The van der Waals surface area contributed by atoms with Crippen LogP contribution < -0.4 is 11.3 Å². The van der Waals surface area contributed by atoms with Crippen molar-refractivity contribution in [3.05, 3.63) is 157 Å². The summed E-state index contributed by atoms with van der Waals surface area (Å²) in [7, 11) is 0. The quantitative estimate of drug-likeness (QED) is 0.0636. The lowest BCUT2D eigenvalue weighted by Crippen LogP contribution is -2.29. The van der Waals surface area contributed by atoms with Crippen LogP contribution in [0.25, 0.3) is 38.6 Å². The predicted octanol–water partition coefficient (Wildman–Crippen LogP) is 9.33. The van der Waals surface area contributed by atoms with Crippen molar-refractivity contribution in [2.75, 3.05) is 5.75 Å². The Labute approximate surface area is 285 Å². The monoisotopic (exact) mass is 650 g/mol. The van der Waals surface area contributed by atoms with Gasteiger partial charge in [0.25, 0.3) is 5.91 Å². The van der Waals surface area contributed by atoms with Gasteiger partial charge in [-0.25, -0.2) is 10.8 Å². The van der Waals surface area contributed by atoms with Crippen molar-refractivity contribution in [2.24, 2.45) is 10.8 Å². The Kier molecular flexibility index (Phi) is 11.8. The minimum absolute atomic E-state index is 0.268. The van der Waals surface area contributed by atoms with E-state index in [0.717, 1.165) is 50.2 Å². The predicted molar refractivity (Wildman–Crippen MR) is 202 cm³/mol. The highest BCUT2D eigenvalue weighted by Crippen LogP contribution is 2.26. The third-order valence-corrected chi connectivity index (χ3v) is 8.18. The molecular formula is C40H38N6OS. The molecule has 6 aromatic carbocycles. The number of nitrogen functional groups attached to an aromatic ring is 1. The van der Waals surface area contributed by atoms with Crippen molar-refractivity contribution >= 4 is 49.9 Å². The second-order valence-electron chi connectivity index (χ2n) is 10.7. The molecule has 0 aliphatic rings. The normalized spacial score (nSPS) is 10.9. The first kappa shape index (κ1) is 33.8. The number of benzene rings is 6. The largest absolute Gasteiger partial charge is 0.290 e. The third kappa shape index (κ3) is 8.82. The highest BCUT2D eigenvalue weighted by Gasteiger charge is 2.13. The van der Waals surface area contributed by atoms with Gasteiger partial charge in [0, 0.05) is 16.8 Å². The highest BCUT2D eigenvalue weighted by atomic mass is 32.2. The standard InChI is InChI=1S/C19H15N3.C11H10N2O.C10H13NS/c1-14-20-21-19(22(14)18-9-3-2-4-10-18)17-12-11-15-7-5-6-8-16(15)13-17;12-13-11(14)10-6-5-8-3-1-2-4-9(8)7-10;1-3-12-9(2)11-10-7-5-4-6-8-10/h2-13H,1H3;1-7H,12H2,(H,13,14);4-8H,3H2,1-2H3. The average molecular weight is 651 g/mol. The van der Waals surface area contributed by atoms with Crippen LogP contribution >= 0.6 is 11.8 Å². The minimum Gasteiger partial charge on any atom is -0.290 e. The number of nitrogens with two attached hydrogens (primary N) is 1. The van der Waals surface area contributed by atoms with Crippen LogP contribution in [0.1, 0.15) is 30.0 Å². The van der Waals surface area contributed by atoms with Gasteiger partial charge in [0.05, 0.1) is 10.7 Å². The molecule has 48 heavy (non-hydrogen) atoms. The molecule has 7 nitrogen and oxygen atoms in total.